The summed E-state index contributed by atoms with van der Waals surface area (Å²) in [5, 5.41) is 29.8. The SMILES string of the molecule is C[Si](C)(C)CCO[C@@H]1O[C@H](CO)[C@H](O)[C@H](O)[C@H]1OC(=O)c1ccccc1. The molecule has 7 nitrogen and oxygen atoms in total. The molecule has 26 heavy (non-hydrogen) atoms. The first-order chi connectivity index (χ1) is 12.2. The first-order valence-electron chi connectivity index (χ1n) is 8.73. The number of carbonyl (C=O) groups excluding carboxylic acids is 1. The topological polar surface area (TPSA) is 105 Å². The molecule has 0 saturated carbocycles. The Labute approximate surface area is 154 Å². The van der Waals surface area contributed by atoms with Gasteiger partial charge in [0.25, 0.3) is 0 Å². The van der Waals surface area contributed by atoms with Crippen molar-refractivity contribution in [2.75, 3.05) is 13.2 Å². The highest BCUT2D eigenvalue weighted by molar-refractivity contribution is 6.76. The van der Waals surface area contributed by atoms with E-state index in [2.05, 4.69) is 19.6 Å². The van der Waals surface area contributed by atoms with Crippen LogP contribution in [0.2, 0.25) is 25.7 Å². The monoisotopic (exact) mass is 384 g/mol. The molecule has 1 fully saturated rings. The molecule has 0 bridgehead atoms. The van der Waals surface area contributed by atoms with Crippen molar-refractivity contribution in [1.29, 1.82) is 0 Å². The van der Waals surface area contributed by atoms with Crippen LogP contribution in [0, 0.1) is 0 Å². The van der Waals surface area contributed by atoms with Gasteiger partial charge in [-0.1, -0.05) is 37.8 Å². The van der Waals surface area contributed by atoms with Crippen LogP contribution in [0.4, 0.5) is 0 Å². The molecule has 1 aromatic carbocycles. The molecule has 1 aliphatic heterocycles. The molecule has 8 heteroatoms. The van der Waals surface area contributed by atoms with Gasteiger partial charge in [-0.2, -0.15) is 0 Å². The number of benzene rings is 1. The summed E-state index contributed by atoms with van der Waals surface area (Å²) in [7, 11) is -1.35. The minimum absolute atomic E-state index is 0.319. The Morgan fingerprint density at radius 2 is 1.81 bits per heavy atom. The molecule has 3 N–H and O–H groups in total. The number of esters is 1. The zero-order valence-corrected chi connectivity index (χ0v) is 16.4. The Hall–Kier alpha value is -1.29. The second-order valence-corrected chi connectivity index (χ2v) is 13.2. The van der Waals surface area contributed by atoms with Gasteiger partial charge < -0.3 is 29.5 Å². The van der Waals surface area contributed by atoms with E-state index in [1.807, 2.05) is 0 Å². The summed E-state index contributed by atoms with van der Waals surface area (Å²) in [6.07, 6.45) is -6.07. The van der Waals surface area contributed by atoms with Gasteiger partial charge in [0, 0.05) is 14.7 Å². The van der Waals surface area contributed by atoms with E-state index in [-0.39, 0.29) is 0 Å². The summed E-state index contributed by atoms with van der Waals surface area (Å²) in [6.45, 7) is 6.48. The third-order valence-corrected chi connectivity index (χ3v) is 5.92. The molecule has 0 aromatic heterocycles. The van der Waals surface area contributed by atoms with Gasteiger partial charge in [-0.05, 0) is 18.2 Å². The van der Waals surface area contributed by atoms with Gasteiger partial charge in [-0.25, -0.2) is 4.79 Å². The molecule has 0 radical (unpaired) electrons. The maximum Gasteiger partial charge on any atom is 0.338 e. The molecule has 2 rings (SSSR count). The van der Waals surface area contributed by atoms with E-state index in [9.17, 15) is 20.1 Å². The Bertz CT molecular complexity index is 575. The number of ether oxygens (including phenoxy) is 3. The van der Waals surface area contributed by atoms with Gasteiger partial charge >= 0.3 is 5.97 Å². The molecule has 0 aliphatic carbocycles. The largest absolute Gasteiger partial charge is 0.450 e. The lowest BCUT2D eigenvalue weighted by atomic mass is 9.99. The van der Waals surface area contributed by atoms with Crippen LogP contribution in [0.3, 0.4) is 0 Å². The Morgan fingerprint density at radius 1 is 1.15 bits per heavy atom. The fraction of sp³-hybridized carbons (Fsp3) is 0.611. The van der Waals surface area contributed by atoms with Crippen molar-refractivity contribution < 1.29 is 34.3 Å². The molecule has 1 saturated heterocycles. The quantitative estimate of drug-likeness (QED) is 0.476. The van der Waals surface area contributed by atoms with Gasteiger partial charge in [0.05, 0.1) is 12.2 Å². The lowest BCUT2D eigenvalue weighted by Gasteiger charge is -2.41. The van der Waals surface area contributed by atoms with Crippen molar-refractivity contribution in [3.8, 4) is 0 Å². The van der Waals surface area contributed by atoms with E-state index >= 15 is 0 Å². The fourth-order valence-electron chi connectivity index (χ4n) is 2.56. The van der Waals surface area contributed by atoms with Crippen LogP contribution in [-0.4, -0.2) is 73.3 Å². The maximum absolute atomic E-state index is 12.3. The molecule has 0 unspecified atom stereocenters. The van der Waals surface area contributed by atoms with Gasteiger partial charge in [-0.15, -0.1) is 0 Å². The van der Waals surface area contributed by atoms with E-state index in [0.29, 0.717) is 12.2 Å². The molecule has 0 amide bonds. The van der Waals surface area contributed by atoms with Crippen LogP contribution < -0.4 is 0 Å². The Kier molecular flexibility index (Phi) is 7.33. The normalized spacial score (nSPS) is 29.4. The minimum Gasteiger partial charge on any atom is -0.450 e. The van der Waals surface area contributed by atoms with Gasteiger partial charge in [-0.3, -0.25) is 0 Å². The smallest absolute Gasteiger partial charge is 0.338 e. The van der Waals surface area contributed by atoms with E-state index < -0.39 is 51.4 Å². The number of carbonyl (C=O) groups is 1. The average molecular weight is 385 g/mol. The zero-order chi connectivity index (χ0) is 19.3. The fourth-order valence-corrected chi connectivity index (χ4v) is 3.29. The van der Waals surface area contributed by atoms with E-state index in [1.54, 1.807) is 30.3 Å². The second kappa shape index (κ2) is 9.07. The van der Waals surface area contributed by atoms with Crippen LogP contribution >= 0.6 is 0 Å². The summed E-state index contributed by atoms with van der Waals surface area (Å²) in [5.74, 6) is -0.647. The molecule has 1 aromatic rings. The summed E-state index contributed by atoms with van der Waals surface area (Å²) in [5.41, 5.74) is 0.319. The molecule has 146 valence electrons. The first-order valence-corrected chi connectivity index (χ1v) is 12.4. The van der Waals surface area contributed by atoms with Crippen LogP contribution in [0.15, 0.2) is 30.3 Å². The summed E-state index contributed by atoms with van der Waals surface area (Å²) < 4.78 is 16.6. The van der Waals surface area contributed by atoms with Crippen LogP contribution in [-0.2, 0) is 14.2 Å². The zero-order valence-electron chi connectivity index (χ0n) is 15.4. The van der Waals surface area contributed by atoms with E-state index in [0.717, 1.165) is 6.04 Å². The van der Waals surface area contributed by atoms with Crippen LogP contribution in [0.25, 0.3) is 0 Å². The lowest BCUT2D eigenvalue weighted by molar-refractivity contribution is -0.299. The summed E-state index contributed by atoms with van der Waals surface area (Å²) in [4.78, 5) is 12.3. The minimum atomic E-state index is -1.43. The molecule has 1 heterocycles. The van der Waals surface area contributed by atoms with Crippen molar-refractivity contribution in [2.45, 2.75) is 56.4 Å². The average Bonchev–Trinajstić information content (AvgIpc) is 2.60. The molecule has 1 aliphatic rings. The van der Waals surface area contributed by atoms with Crippen LogP contribution in [0.1, 0.15) is 10.4 Å². The number of hydrogen-bond acceptors (Lipinski definition) is 7. The lowest BCUT2D eigenvalue weighted by Crippen LogP contribution is -2.60. The van der Waals surface area contributed by atoms with Gasteiger partial charge in [0.15, 0.2) is 12.4 Å². The number of aliphatic hydroxyl groups excluding tert-OH is 3. The predicted molar refractivity (Wildman–Crippen MR) is 97.5 cm³/mol. The van der Waals surface area contributed by atoms with Crippen molar-refractivity contribution in [3.05, 3.63) is 35.9 Å². The first kappa shape index (κ1) is 21.0. The molecular formula is C18H28O7Si. The summed E-state index contributed by atoms with van der Waals surface area (Å²) in [6, 6.07) is 9.20. The Balaban J connectivity index is 2.10. The molecular weight excluding hydrogens is 356 g/mol. The highest BCUT2D eigenvalue weighted by atomic mass is 28.3. The van der Waals surface area contributed by atoms with Crippen molar-refractivity contribution in [2.24, 2.45) is 0 Å². The molecule has 0 spiro atoms. The predicted octanol–water partition coefficient (Wildman–Crippen LogP) is 1.01. The van der Waals surface area contributed by atoms with Gasteiger partial charge in [0.2, 0.25) is 0 Å². The van der Waals surface area contributed by atoms with Crippen molar-refractivity contribution in [3.63, 3.8) is 0 Å². The van der Waals surface area contributed by atoms with Crippen molar-refractivity contribution in [1.82, 2.24) is 0 Å². The van der Waals surface area contributed by atoms with E-state index in [4.69, 9.17) is 14.2 Å². The van der Waals surface area contributed by atoms with Gasteiger partial charge in [0.1, 0.15) is 18.3 Å². The Morgan fingerprint density at radius 3 is 2.38 bits per heavy atom. The number of aliphatic hydroxyl groups is 3. The van der Waals surface area contributed by atoms with E-state index in [1.165, 1.54) is 0 Å². The third kappa shape index (κ3) is 5.60. The summed E-state index contributed by atoms with van der Waals surface area (Å²) >= 11 is 0. The molecule has 5 atom stereocenters. The highest BCUT2D eigenvalue weighted by Crippen LogP contribution is 2.26. The standard InChI is InChI=1S/C18H28O7Si/c1-26(2,3)10-9-23-18-16(15(21)14(20)13(11-19)24-18)25-17(22)12-7-5-4-6-8-12/h4-8,13-16,18-21H,9-11H2,1-3H3/t13-,14+,15+,16-,18-/m1/s1. The maximum atomic E-state index is 12.3. The van der Waals surface area contributed by atoms with Crippen LogP contribution in [0.5, 0.6) is 0 Å². The second-order valence-electron chi connectivity index (χ2n) is 7.62. The third-order valence-electron chi connectivity index (χ3n) is 4.21. The number of rotatable bonds is 7. The number of hydrogen-bond donors (Lipinski definition) is 3. The van der Waals surface area contributed by atoms with Crippen molar-refractivity contribution >= 4 is 14.0 Å². The highest BCUT2D eigenvalue weighted by Gasteiger charge is 2.47.